The number of ether oxygens (including phenoxy) is 1. The first kappa shape index (κ1) is 25.3. The quantitative estimate of drug-likeness (QED) is 0.322. The van der Waals surface area contributed by atoms with E-state index in [-0.39, 0.29) is 40.6 Å². The zero-order valence-corrected chi connectivity index (χ0v) is 20.9. The molecule has 12 heteroatoms. The number of aryl methyl sites for hydroxylation is 2. The summed E-state index contributed by atoms with van der Waals surface area (Å²) >= 11 is 6.18. The summed E-state index contributed by atoms with van der Waals surface area (Å²) in [6.07, 6.45) is -1.92. The number of aromatic nitrogens is 3. The average molecular weight is 541 g/mol. The van der Waals surface area contributed by atoms with Crippen LogP contribution in [0.3, 0.4) is 0 Å². The van der Waals surface area contributed by atoms with Gasteiger partial charge in [-0.1, -0.05) is 58.7 Å². The highest BCUT2D eigenvalue weighted by molar-refractivity contribution is 6.34. The Morgan fingerprint density at radius 1 is 1.11 bits per heavy atom. The molecule has 2 aromatic heterocycles. The van der Waals surface area contributed by atoms with E-state index in [1.165, 1.54) is 25.5 Å². The summed E-state index contributed by atoms with van der Waals surface area (Å²) in [6.45, 7) is 2.04. The molecule has 0 atom stereocenters. The predicted molar refractivity (Wildman–Crippen MR) is 138 cm³/mol. The number of pyridine rings is 1. The first-order chi connectivity index (χ1) is 18.1. The van der Waals surface area contributed by atoms with Gasteiger partial charge in [-0.3, -0.25) is 0 Å². The molecule has 0 aliphatic carbocycles. The third kappa shape index (κ3) is 4.92. The van der Waals surface area contributed by atoms with Crippen LogP contribution >= 0.6 is 11.6 Å². The smallest absolute Gasteiger partial charge is 0.435 e. The summed E-state index contributed by atoms with van der Waals surface area (Å²) in [7, 11) is 1.38. The molecule has 0 bridgehead atoms. The largest absolute Gasteiger partial charge is 0.472 e. The van der Waals surface area contributed by atoms with Crippen molar-refractivity contribution in [3.63, 3.8) is 0 Å². The van der Waals surface area contributed by atoms with Crippen LogP contribution in [0.2, 0.25) is 5.02 Å². The second-order valence-electron chi connectivity index (χ2n) is 8.48. The number of oxime groups is 1. The molecule has 0 saturated carbocycles. The third-order valence-electron chi connectivity index (χ3n) is 5.73. The van der Waals surface area contributed by atoms with Crippen LogP contribution in [0.5, 0.6) is 5.88 Å². The first-order valence-electron chi connectivity index (χ1n) is 11.3. The molecule has 0 fully saturated rings. The van der Waals surface area contributed by atoms with Gasteiger partial charge in [0, 0.05) is 18.7 Å². The van der Waals surface area contributed by atoms with Crippen molar-refractivity contribution in [1.29, 1.82) is 0 Å². The van der Waals surface area contributed by atoms with E-state index in [0.29, 0.717) is 16.3 Å². The van der Waals surface area contributed by atoms with E-state index in [2.05, 4.69) is 20.2 Å². The molecular weight excluding hydrogens is 521 g/mol. The topological polar surface area (TPSA) is 99.9 Å². The van der Waals surface area contributed by atoms with Crippen molar-refractivity contribution >= 4 is 39.9 Å². The van der Waals surface area contributed by atoms with Crippen LogP contribution in [-0.4, -0.2) is 26.3 Å². The molecule has 8 nitrogen and oxygen atoms in total. The van der Waals surface area contributed by atoms with Gasteiger partial charge in [0.15, 0.2) is 11.3 Å². The van der Waals surface area contributed by atoms with Crippen LogP contribution in [0.1, 0.15) is 27.9 Å². The molecule has 5 rings (SSSR count). The molecule has 0 unspecified atom stereocenters. The predicted octanol–water partition coefficient (Wildman–Crippen LogP) is 5.80. The minimum absolute atomic E-state index is 0.00199. The molecule has 1 aliphatic heterocycles. The molecule has 0 saturated heterocycles. The normalized spacial score (nSPS) is 13.6. The molecule has 194 valence electrons. The number of rotatable bonds is 5. The Bertz CT molecular complexity index is 1640. The number of halogens is 4. The average Bonchev–Trinajstić information content (AvgIpc) is 3.03. The summed E-state index contributed by atoms with van der Waals surface area (Å²) in [6, 6.07) is 13.9. The molecule has 0 spiro atoms. The van der Waals surface area contributed by atoms with Gasteiger partial charge in [-0.2, -0.15) is 23.3 Å². The van der Waals surface area contributed by atoms with Gasteiger partial charge in [0.05, 0.1) is 27.4 Å². The number of aliphatic imine (C=N–C) groups is 1. The van der Waals surface area contributed by atoms with Crippen molar-refractivity contribution in [2.45, 2.75) is 19.7 Å². The van der Waals surface area contributed by atoms with Crippen molar-refractivity contribution in [2.75, 3.05) is 5.73 Å². The van der Waals surface area contributed by atoms with Gasteiger partial charge in [-0.05, 0) is 24.6 Å². The number of nitrogens with two attached hydrogens (primary N) is 1. The Morgan fingerprint density at radius 3 is 2.66 bits per heavy atom. The van der Waals surface area contributed by atoms with Gasteiger partial charge in [-0.25, -0.2) is 9.67 Å². The lowest BCUT2D eigenvalue weighted by Gasteiger charge is -2.12. The van der Waals surface area contributed by atoms with E-state index in [0.717, 1.165) is 15.8 Å². The van der Waals surface area contributed by atoms with Crippen LogP contribution in [0.25, 0.3) is 11.0 Å². The fraction of sp³-hybridized carbons (Fsp3) is 0.154. The first-order valence-corrected chi connectivity index (χ1v) is 11.7. The maximum Gasteiger partial charge on any atom is 0.435 e. The van der Waals surface area contributed by atoms with Gasteiger partial charge >= 0.3 is 6.18 Å². The highest BCUT2D eigenvalue weighted by Crippen LogP contribution is 2.36. The number of hydrogen-bond acceptors (Lipinski definition) is 7. The summed E-state index contributed by atoms with van der Waals surface area (Å²) in [4.78, 5) is 14.2. The number of fused-ring (bicyclic) bond motifs is 1. The Morgan fingerprint density at radius 2 is 1.89 bits per heavy atom. The Kier molecular flexibility index (Phi) is 6.53. The summed E-state index contributed by atoms with van der Waals surface area (Å²) in [5.74, 6) is -0.0721. The minimum atomic E-state index is -4.71. The molecule has 3 heterocycles. The standard InChI is InChI=1S/C26H20ClF3N6O2/c1-14-5-3-6-15(11-14)13-37-25-18(12-17-22(26(28,29)30)34-36(2)24(17)33-25)23-32-20(9-10-38-35-23)16-7-4-8-19(27)21(16)31/h3-12H,13,31H2,1-2H3. The molecule has 38 heavy (non-hydrogen) atoms. The van der Waals surface area contributed by atoms with Crippen molar-refractivity contribution in [3.05, 3.63) is 93.8 Å². The molecular formula is C26H20ClF3N6O2. The number of alkyl halides is 3. The molecule has 2 N–H and O–H groups in total. The molecule has 2 aromatic carbocycles. The summed E-state index contributed by atoms with van der Waals surface area (Å²) < 4.78 is 48.4. The van der Waals surface area contributed by atoms with E-state index < -0.39 is 11.9 Å². The van der Waals surface area contributed by atoms with Crippen LogP contribution < -0.4 is 10.5 Å². The fourth-order valence-corrected chi connectivity index (χ4v) is 4.13. The van der Waals surface area contributed by atoms with E-state index in [9.17, 15) is 13.2 Å². The van der Waals surface area contributed by atoms with Gasteiger partial charge in [0.2, 0.25) is 11.7 Å². The minimum Gasteiger partial charge on any atom is -0.472 e. The lowest BCUT2D eigenvalue weighted by Crippen LogP contribution is -2.10. The van der Waals surface area contributed by atoms with Gasteiger partial charge in [0.25, 0.3) is 0 Å². The molecule has 4 aromatic rings. The zero-order valence-electron chi connectivity index (χ0n) is 20.1. The monoisotopic (exact) mass is 540 g/mol. The maximum absolute atomic E-state index is 13.8. The Labute approximate surface area is 219 Å². The Hall–Kier alpha value is -4.38. The van der Waals surface area contributed by atoms with Crippen molar-refractivity contribution in [1.82, 2.24) is 14.8 Å². The van der Waals surface area contributed by atoms with E-state index >= 15 is 0 Å². The SMILES string of the molecule is Cc1cccc(COc2nc3c(cc2C2=NOC=CC(c4cccc(Cl)c4N)=N2)c(C(F)(F)F)nn3C)c1. The number of para-hydroxylation sites is 1. The van der Waals surface area contributed by atoms with E-state index in [4.69, 9.17) is 26.9 Å². The number of anilines is 1. The van der Waals surface area contributed by atoms with Crippen molar-refractivity contribution in [2.24, 2.45) is 17.2 Å². The number of benzene rings is 2. The zero-order chi connectivity index (χ0) is 27.0. The number of nitrogen functional groups attached to an aromatic ring is 1. The van der Waals surface area contributed by atoms with Crippen molar-refractivity contribution < 1.29 is 22.7 Å². The Balaban J connectivity index is 1.67. The van der Waals surface area contributed by atoms with Crippen LogP contribution in [0, 0.1) is 6.92 Å². The van der Waals surface area contributed by atoms with E-state index in [1.54, 1.807) is 18.2 Å². The number of amidine groups is 1. The maximum atomic E-state index is 13.8. The van der Waals surface area contributed by atoms with Crippen molar-refractivity contribution in [3.8, 4) is 5.88 Å². The molecule has 0 amide bonds. The van der Waals surface area contributed by atoms with Gasteiger partial charge in [0.1, 0.15) is 12.9 Å². The van der Waals surface area contributed by atoms with Crippen LogP contribution in [-0.2, 0) is 24.7 Å². The van der Waals surface area contributed by atoms with Crippen LogP contribution in [0.4, 0.5) is 18.9 Å². The number of nitrogens with zero attached hydrogens (tertiary/aromatic N) is 5. The number of hydrogen-bond donors (Lipinski definition) is 1. The highest BCUT2D eigenvalue weighted by atomic mass is 35.5. The van der Waals surface area contributed by atoms with Crippen LogP contribution in [0.15, 0.2) is 71.0 Å². The number of allylic oxidation sites excluding steroid dienone is 1. The summed E-state index contributed by atoms with van der Waals surface area (Å²) in [5, 5.41) is 7.72. The van der Waals surface area contributed by atoms with E-state index in [1.807, 2.05) is 31.2 Å². The molecule has 0 radical (unpaired) electrons. The van der Waals surface area contributed by atoms with Gasteiger partial charge < -0.3 is 15.3 Å². The second-order valence-corrected chi connectivity index (χ2v) is 8.89. The third-order valence-corrected chi connectivity index (χ3v) is 6.06. The lowest BCUT2D eigenvalue weighted by molar-refractivity contribution is -0.140. The van der Waals surface area contributed by atoms with Gasteiger partial charge in [-0.15, -0.1) is 0 Å². The summed E-state index contributed by atoms with van der Waals surface area (Å²) in [5.41, 5.74) is 8.07. The second kappa shape index (κ2) is 9.82. The molecule has 1 aliphatic rings. The fourth-order valence-electron chi connectivity index (χ4n) is 3.96. The lowest BCUT2D eigenvalue weighted by atomic mass is 10.1. The highest BCUT2D eigenvalue weighted by Gasteiger charge is 2.37.